The number of amides is 5. The second-order valence-corrected chi connectivity index (χ2v) is 25.6. The van der Waals surface area contributed by atoms with Crippen molar-refractivity contribution >= 4 is 46.6 Å². The number of anilines is 1. The maximum Gasteiger partial charge on any atom is 0.253 e. The van der Waals surface area contributed by atoms with E-state index >= 15 is 0 Å². The minimum Gasteiger partial charge on any atom is -0.391 e. The predicted molar refractivity (Wildman–Crippen MR) is 336 cm³/mol. The van der Waals surface area contributed by atoms with Crippen molar-refractivity contribution in [3.8, 4) is 21.6 Å². The van der Waals surface area contributed by atoms with Gasteiger partial charge in [0.15, 0.2) is 0 Å². The van der Waals surface area contributed by atoms with Crippen molar-refractivity contribution in [3.05, 3.63) is 127 Å². The first-order valence-electron chi connectivity index (χ1n) is 30.9. The maximum atomic E-state index is 14.1. The number of pyridine rings is 1. The fourth-order valence-electron chi connectivity index (χ4n) is 12.2. The van der Waals surface area contributed by atoms with Crippen LogP contribution in [0.4, 0.5) is 5.69 Å². The summed E-state index contributed by atoms with van der Waals surface area (Å²) in [6.45, 7) is 22.0. The van der Waals surface area contributed by atoms with Gasteiger partial charge >= 0.3 is 0 Å². The first-order valence-corrected chi connectivity index (χ1v) is 31.8. The Kier molecular flexibility index (Phi) is 22.7. The number of likely N-dealkylation sites (tertiary alicyclic amines) is 1. The zero-order valence-corrected chi connectivity index (χ0v) is 52.3. The molecular weight excluding hydrogens is 1090 g/mol. The van der Waals surface area contributed by atoms with Crippen molar-refractivity contribution in [2.24, 2.45) is 5.41 Å². The number of β-amino-alcohol motifs (C(OH)–C–C–N with tert-alkyl or cyclic N) is 1. The first kappa shape index (κ1) is 64.3. The zero-order valence-electron chi connectivity index (χ0n) is 51.5. The zero-order chi connectivity index (χ0) is 60.8. The molecule has 2 aromatic heterocycles. The number of aliphatic hydroxyl groups excluding tert-OH is 1. The molecule has 8 rings (SSSR count). The molecule has 0 radical (unpaired) electrons. The summed E-state index contributed by atoms with van der Waals surface area (Å²) in [4.78, 5) is 97.6. The van der Waals surface area contributed by atoms with Crippen molar-refractivity contribution < 1.29 is 33.8 Å². The van der Waals surface area contributed by atoms with Gasteiger partial charge in [-0.15, -0.1) is 11.3 Å². The molecule has 3 atom stereocenters. The Labute approximate surface area is 506 Å². The second kappa shape index (κ2) is 30.1. The molecule has 1 unspecified atom stereocenters. The number of hydrogen-bond acceptors (Lipinski definition) is 12. The van der Waals surface area contributed by atoms with E-state index in [0.717, 1.165) is 133 Å². The lowest BCUT2D eigenvalue weighted by molar-refractivity contribution is -0.144. The molecule has 5 aromatic rings. The van der Waals surface area contributed by atoms with Crippen molar-refractivity contribution in [3.63, 3.8) is 0 Å². The molecule has 0 spiro atoms. The molecule has 458 valence electrons. The van der Waals surface area contributed by atoms with Crippen molar-refractivity contribution in [2.75, 3.05) is 57.4 Å². The van der Waals surface area contributed by atoms with E-state index in [1.807, 2.05) is 95.3 Å². The van der Waals surface area contributed by atoms with Crippen LogP contribution >= 0.6 is 11.3 Å². The van der Waals surface area contributed by atoms with E-state index in [4.69, 9.17) is 4.74 Å². The van der Waals surface area contributed by atoms with E-state index < -0.39 is 23.6 Å². The molecule has 85 heavy (non-hydrogen) atoms. The van der Waals surface area contributed by atoms with Crippen LogP contribution in [0.15, 0.2) is 77.0 Å². The van der Waals surface area contributed by atoms with Gasteiger partial charge in [0.1, 0.15) is 12.1 Å². The van der Waals surface area contributed by atoms with Gasteiger partial charge in [0, 0.05) is 120 Å². The molecule has 3 aromatic carbocycles. The molecule has 17 nitrogen and oxygen atoms in total. The van der Waals surface area contributed by atoms with Crippen molar-refractivity contribution in [1.29, 1.82) is 0 Å². The smallest absolute Gasteiger partial charge is 0.253 e. The number of thiazole rings is 1. The molecular formula is C67H91N9O8S. The number of aryl methyl sites for hydroxylation is 3. The van der Waals surface area contributed by atoms with Crippen LogP contribution in [-0.4, -0.2) is 136 Å². The normalized spacial score (nSPS) is 17.2. The highest BCUT2D eigenvalue weighted by atomic mass is 32.1. The van der Waals surface area contributed by atoms with E-state index in [0.29, 0.717) is 56.3 Å². The number of aliphatic hydroxyl groups is 1. The van der Waals surface area contributed by atoms with E-state index in [1.165, 1.54) is 10.5 Å². The highest BCUT2D eigenvalue weighted by molar-refractivity contribution is 7.13. The lowest BCUT2D eigenvalue weighted by Crippen LogP contribution is -2.57. The van der Waals surface area contributed by atoms with E-state index in [9.17, 15) is 33.9 Å². The topological polar surface area (TPSA) is 210 Å². The summed E-state index contributed by atoms with van der Waals surface area (Å²) < 4.78 is 5.72. The summed E-state index contributed by atoms with van der Waals surface area (Å²) in [5.74, 6) is -0.917. The minimum absolute atomic E-state index is 0.0243. The number of carbonyl (C=O) groups is 5. The Morgan fingerprint density at radius 1 is 0.800 bits per heavy atom. The monoisotopic (exact) mass is 1180 g/mol. The quantitative estimate of drug-likeness (QED) is 0.0348. The summed E-state index contributed by atoms with van der Waals surface area (Å²) >= 11 is 1.58. The third kappa shape index (κ3) is 17.3. The molecule has 3 fully saturated rings. The van der Waals surface area contributed by atoms with Gasteiger partial charge < -0.3 is 45.5 Å². The number of hydrogen-bond donors (Lipinski definition) is 5. The van der Waals surface area contributed by atoms with Crippen LogP contribution in [0.2, 0.25) is 0 Å². The van der Waals surface area contributed by atoms with Gasteiger partial charge in [-0.2, -0.15) is 0 Å². The number of H-pyrrole nitrogens is 1. The standard InChI is InChI=1S/C67H91N9O8S/c1-9-75(53-27-33-84-34-28-53)57-37-52(36-55(46(57)4)63(80)69-40-56-44(2)35-45(3)71-64(56)81)50-23-21-49(22-24-50)41-73-29-31-74(32-30-73)60(79)18-16-14-12-10-11-13-15-17-59(78)72-62(67(6,7)8)66(83)76-42-54(77)38-58(76)65(82)68-39-48-19-25-51(26-20-48)61-47(5)70-43-85-61/h19-26,35-37,43,53-54,58,62,77H,9-18,27-34,38-42H2,1-8H3,(H,68,82)(H,69,80)(H,71,81)(H,72,78)/t54-,58-,62?/m0/s1. The average Bonchev–Trinajstić information content (AvgIpc) is 2.92. The minimum atomic E-state index is -0.865. The van der Waals surface area contributed by atoms with Gasteiger partial charge in [0.2, 0.25) is 23.6 Å². The second-order valence-electron chi connectivity index (χ2n) is 24.7. The van der Waals surface area contributed by atoms with Crippen LogP contribution in [0, 0.1) is 33.1 Å². The van der Waals surface area contributed by atoms with Gasteiger partial charge in [-0.05, 0) is 123 Å². The summed E-state index contributed by atoms with van der Waals surface area (Å²) in [7, 11) is 0. The van der Waals surface area contributed by atoms with Crippen LogP contribution in [0.25, 0.3) is 21.6 Å². The number of nitrogens with one attached hydrogen (secondary N) is 4. The Morgan fingerprint density at radius 3 is 2.08 bits per heavy atom. The number of aromatic nitrogens is 2. The third-order valence-corrected chi connectivity index (χ3v) is 18.2. The van der Waals surface area contributed by atoms with Crippen LogP contribution < -0.4 is 26.4 Å². The number of ether oxygens (including phenoxy) is 1. The van der Waals surface area contributed by atoms with Gasteiger partial charge in [-0.1, -0.05) is 101 Å². The Bertz CT molecular complexity index is 3140. The number of nitrogens with zero attached hydrogens (tertiary/aromatic N) is 5. The van der Waals surface area contributed by atoms with Crippen molar-refractivity contribution in [1.82, 2.24) is 40.6 Å². The van der Waals surface area contributed by atoms with E-state index in [-0.39, 0.29) is 67.6 Å². The summed E-state index contributed by atoms with van der Waals surface area (Å²) in [5.41, 5.74) is 11.8. The molecule has 18 heteroatoms. The van der Waals surface area contributed by atoms with Gasteiger partial charge in [0.25, 0.3) is 11.5 Å². The van der Waals surface area contributed by atoms with Gasteiger partial charge in [0.05, 0.1) is 22.2 Å². The fourth-order valence-corrected chi connectivity index (χ4v) is 13.0. The summed E-state index contributed by atoms with van der Waals surface area (Å²) in [6.07, 6.45) is 8.39. The molecule has 0 aliphatic carbocycles. The Hall–Kier alpha value is -6.73. The molecule has 0 saturated carbocycles. The van der Waals surface area contributed by atoms with Crippen LogP contribution in [0.5, 0.6) is 0 Å². The van der Waals surface area contributed by atoms with E-state index in [1.54, 1.807) is 11.3 Å². The summed E-state index contributed by atoms with van der Waals surface area (Å²) in [5, 5.41) is 19.6. The number of carbonyl (C=O) groups excluding carboxylic acids is 5. The SMILES string of the molecule is CCN(c1cc(-c2ccc(CN3CCN(C(=O)CCCCCCCCCC(=O)NC(C(=O)N4C[C@@H](O)C[C@H]4C(=O)NCc4ccc(-c5scnc5C)cc4)C(C)(C)C)CC3)cc2)cc(C(=O)NCc2c(C)cc(C)[nH]c2=O)c1C)C1CCOCC1. The highest BCUT2D eigenvalue weighted by Gasteiger charge is 2.44. The maximum absolute atomic E-state index is 14.1. The molecule has 0 bridgehead atoms. The van der Waals surface area contributed by atoms with Crippen LogP contribution in [0.1, 0.15) is 154 Å². The molecule has 3 aliphatic rings. The van der Waals surface area contributed by atoms with Crippen LogP contribution in [-0.2, 0) is 43.5 Å². The average molecular weight is 1180 g/mol. The molecule has 5 amide bonds. The molecule has 5 heterocycles. The van der Waals surface area contributed by atoms with Crippen molar-refractivity contribution in [2.45, 2.75) is 176 Å². The van der Waals surface area contributed by atoms with Crippen LogP contribution in [0.3, 0.4) is 0 Å². The third-order valence-electron chi connectivity index (χ3n) is 17.3. The Balaban J connectivity index is 0.727. The number of rotatable bonds is 25. The number of unbranched alkanes of at least 4 members (excludes halogenated alkanes) is 6. The lowest BCUT2D eigenvalue weighted by Gasteiger charge is -2.37. The van der Waals surface area contributed by atoms with Gasteiger partial charge in [-0.25, -0.2) is 4.98 Å². The number of benzene rings is 3. The highest BCUT2D eigenvalue weighted by Crippen LogP contribution is 2.35. The first-order chi connectivity index (χ1) is 40.8. The van der Waals surface area contributed by atoms with E-state index in [2.05, 4.69) is 73.0 Å². The Morgan fingerprint density at radius 2 is 1.45 bits per heavy atom. The molecule has 3 saturated heterocycles. The largest absolute Gasteiger partial charge is 0.391 e. The molecule has 5 N–H and O–H groups in total. The predicted octanol–water partition coefficient (Wildman–Crippen LogP) is 9.30. The number of aromatic amines is 1. The summed E-state index contributed by atoms with van der Waals surface area (Å²) in [6, 6.07) is 21.2. The number of piperazine rings is 1. The van der Waals surface area contributed by atoms with Gasteiger partial charge in [-0.3, -0.25) is 33.7 Å². The molecule has 3 aliphatic heterocycles. The lowest BCUT2D eigenvalue weighted by atomic mass is 9.85. The fraction of sp³-hybridized carbons (Fsp3) is 0.537.